The van der Waals surface area contributed by atoms with Crippen LogP contribution in [0, 0.1) is 0 Å². The first kappa shape index (κ1) is 18.3. The first-order chi connectivity index (χ1) is 12.6. The Labute approximate surface area is 156 Å². The topological polar surface area (TPSA) is 71.5 Å². The average Bonchev–Trinajstić information content (AvgIpc) is 3.07. The van der Waals surface area contributed by atoms with E-state index in [4.69, 9.17) is 4.74 Å². The third-order valence-corrected chi connectivity index (χ3v) is 5.52. The first-order valence-corrected chi connectivity index (χ1v) is 9.38. The molecule has 26 heavy (non-hydrogen) atoms. The molecule has 0 bridgehead atoms. The minimum Gasteiger partial charge on any atom is -0.497 e. The van der Waals surface area contributed by atoms with Crippen LogP contribution in [0.1, 0.15) is 23.4 Å². The molecule has 7 heteroatoms. The molecule has 2 atom stereocenters. The molecule has 1 fully saturated rings. The lowest BCUT2D eigenvalue weighted by molar-refractivity contribution is -0.137. The van der Waals surface area contributed by atoms with Crippen molar-refractivity contribution < 1.29 is 14.3 Å². The number of amides is 2. The van der Waals surface area contributed by atoms with Crippen LogP contribution in [0.25, 0.3) is 0 Å². The molecule has 2 unspecified atom stereocenters. The number of pyridine rings is 1. The molecule has 0 aliphatic carbocycles. The van der Waals surface area contributed by atoms with E-state index in [9.17, 15) is 9.59 Å². The predicted octanol–water partition coefficient (Wildman–Crippen LogP) is 2.37. The van der Waals surface area contributed by atoms with Gasteiger partial charge in [0.25, 0.3) is 0 Å². The van der Waals surface area contributed by atoms with Gasteiger partial charge in [-0.2, -0.15) is 0 Å². The summed E-state index contributed by atoms with van der Waals surface area (Å²) in [4.78, 5) is 30.7. The largest absolute Gasteiger partial charge is 0.497 e. The van der Waals surface area contributed by atoms with Gasteiger partial charge in [0.1, 0.15) is 17.2 Å². The number of hydrogen-bond acceptors (Lipinski definition) is 5. The van der Waals surface area contributed by atoms with Gasteiger partial charge in [0.15, 0.2) is 0 Å². The summed E-state index contributed by atoms with van der Waals surface area (Å²) in [5.74, 6) is 0.927. The van der Waals surface area contributed by atoms with Crippen LogP contribution in [-0.2, 0) is 16.1 Å². The standard InChI is InChI=1S/C19H21N3O3S/c1-13(18(24)21-11-14-4-3-9-20-10-14)22-17(23)12-26-19(22)15-5-7-16(25-2)8-6-15/h3-10,13,19H,11-12H2,1-2H3,(H,21,24). The van der Waals surface area contributed by atoms with E-state index in [1.165, 1.54) is 11.8 Å². The van der Waals surface area contributed by atoms with Gasteiger partial charge in [-0.1, -0.05) is 18.2 Å². The first-order valence-electron chi connectivity index (χ1n) is 8.33. The monoisotopic (exact) mass is 371 g/mol. The van der Waals surface area contributed by atoms with Crippen LogP contribution in [0.15, 0.2) is 48.8 Å². The van der Waals surface area contributed by atoms with Gasteiger partial charge in [-0.15, -0.1) is 11.8 Å². The van der Waals surface area contributed by atoms with Crippen LogP contribution < -0.4 is 10.1 Å². The molecule has 1 aromatic carbocycles. The third-order valence-electron chi connectivity index (χ3n) is 4.29. The predicted molar refractivity (Wildman–Crippen MR) is 101 cm³/mol. The van der Waals surface area contributed by atoms with Gasteiger partial charge in [-0.05, 0) is 36.2 Å². The van der Waals surface area contributed by atoms with Crippen LogP contribution in [0.5, 0.6) is 5.75 Å². The Bertz CT molecular complexity index is 767. The Morgan fingerprint density at radius 2 is 2.15 bits per heavy atom. The highest BCUT2D eigenvalue weighted by Crippen LogP contribution is 2.40. The fourth-order valence-electron chi connectivity index (χ4n) is 2.85. The van der Waals surface area contributed by atoms with Crippen LogP contribution in [0.4, 0.5) is 0 Å². The van der Waals surface area contributed by atoms with Gasteiger partial charge in [-0.25, -0.2) is 0 Å². The highest BCUT2D eigenvalue weighted by atomic mass is 32.2. The molecule has 3 rings (SSSR count). The van der Waals surface area contributed by atoms with Crippen molar-refractivity contribution in [3.8, 4) is 5.75 Å². The highest BCUT2D eigenvalue weighted by Gasteiger charge is 2.38. The number of carbonyl (C=O) groups excluding carboxylic acids is 2. The molecule has 1 saturated heterocycles. The van der Waals surface area contributed by atoms with Crippen LogP contribution in [0.2, 0.25) is 0 Å². The smallest absolute Gasteiger partial charge is 0.242 e. The fraction of sp³-hybridized carbons (Fsp3) is 0.316. The van der Waals surface area contributed by atoms with E-state index >= 15 is 0 Å². The molecule has 0 spiro atoms. The molecular weight excluding hydrogens is 350 g/mol. The molecule has 136 valence electrons. The van der Waals surface area contributed by atoms with E-state index < -0.39 is 6.04 Å². The number of nitrogens with zero attached hydrogens (tertiary/aromatic N) is 2. The van der Waals surface area contributed by atoms with E-state index in [1.54, 1.807) is 31.3 Å². The number of carbonyl (C=O) groups is 2. The van der Waals surface area contributed by atoms with Crippen molar-refractivity contribution >= 4 is 23.6 Å². The summed E-state index contributed by atoms with van der Waals surface area (Å²) >= 11 is 1.53. The number of thioether (sulfide) groups is 1. The van der Waals surface area contributed by atoms with E-state index in [0.29, 0.717) is 12.3 Å². The number of ether oxygens (including phenoxy) is 1. The second kappa shape index (κ2) is 8.23. The van der Waals surface area contributed by atoms with Gasteiger partial charge in [0.05, 0.1) is 12.9 Å². The molecule has 2 amide bonds. The molecule has 1 aliphatic rings. The van der Waals surface area contributed by atoms with E-state index in [1.807, 2.05) is 36.4 Å². The molecule has 2 heterocycles. The summed E-state index contributed by atoms with van der Waals surface area (Å²) < 4.78 is 5.18. The van der Waals surface area contributed by atoms with Crippen LogP contribution in [-0.4, -0.2) is 40.6 Å². The second-order valence-electron chi connectivity index (χ2n) is 5.99. The summed E-state index contributed by atoms with van der Waals surface area (Å²) in [7, 11) is 1.61. The number of aromatic nitrogens is 1. The van der Waals surface area contributed by atoms with Crippen molar-refractivity contribution in [2.24, 2.45) is 0 Å². The second-order valence-corrected chi connectivity index (χ2v) is 7.06. The lowest BCUT2D eigenvalue weighted by Crippen LogP contribution is -2.46. The third kappa shape index (κ3) is 3.99. The maximum atomic E-state index is 12.6. The van der Waals surface area contributed by atoms with E-state index in [-0.39, 0.29) is 17.2 Å². The van der Waals surface area contributed by atoms with Crippen LogP contribution in [0.3, 0.4) is 0 Å². The molecular formula is C19H21N3O3S. The molecule has 0 radical (unpaired) electrons. The number of nitrogens with one attached hydrogen (secondary N) is 1. The Kier molecular flexibility index (Phi) is 5.78. The van der Waals surface area contributed by atoms with E-state index in [0.717, 1.165) is 16.9 Å². The fourth-order valence-corrected chi connectivity index (χ4v) is 4.11. The Balaban J connectivity index is 1.69. The van der Waals surface area contributed by atoms with Gasteiger partial charge >= 0.3 is 0 Å². The van der Waals surface area contributed by atoms with Gasteiger partial charge in [-0.3, -0.25) is 14.6 Å². The zero-order chi connectivity index (χ0) is 18.5. The van der Waals surface area contributed by atoms with E-state index in [2.05, 4.69) is 10.3 Å². The van der Waals surface area contributed by atoms with Crippen molar-refractivity contribution in [1.82, 2.24) is 15.2 Å². The molecule has 1 aromatic heterocycles. The highest BCUT2D eigenvalue weighted by molar-refractivity contribution is 8.00. The zero-order valence-electron chi connectivity index (χ0n) is 14.7. The normalized spacial score (nSPS) is 17.8. The minimum atomic E-state index is -0.554. The Morgan fingerprint density at radius 1 is 1.38 bits per heavy atom. The summed E-state index contributed by atoms with van der Waals surface area (Å²) in [6.07, 6.45) is 3.40. The van der Waals surface area contributed by atoms with Gasteiger partial charge in [0.2, 0.25) is 11.8 Å². The molecule has 2 aromatic rings. The zero-order valence-corrected chi connectivity index (χ0v) is 15.5. The average molecular weight is 371 g/mol. The van der Waals surface area contributed by atoms with Crippen molar-refractivity contribution in [3.05, 3.63) is 59.9 Å². The number of benzene rings is 1. The lowest BCUT2D eigenvalue weighted by atomic mass is 10.1. The maximum absolute atomic E-state index is 12.6. The molecule has 6 nitrogen and oxygen atoms in total. The van der Waals surface area contributed by atoms with Gasteiger partial charge in [0, 0.05) is 18.9 Å². The Morgan fingerprint density at radius 3 is 2.81 bits per heavy atom. The van der Waals surface area contributed by atoms with Crippen LogP contribution >= 0.6 is 11.8 Å². The SMILES string of the molecule is COc1ccc(C2SCC(=O)N2C(C)C(=O)NCc2cccnc2)cc1. The number of rotatable bonds is 6. The summed E-state index contributed by atoms with van der Waals surface area (Å²) in [6, 6.07) is 10.8. The van der Waals surface area contributed by atoms with Crippen molar-refractivity contribution in [2.45, 2.75) is 24.9 Å². The minimum absolute atomic E-state index is 0.0279. The van der Waals surface area contributed by atoms with Crippen molar-refractivity contribution in [1.29, 1.82) is 0 Å². The number of hydrogen-bond donors (Lipinski definition) is 1. The lowest BCUT2D eigenvalue weighted by Gasteiger charge is -2.29. The molecule has 1 aliphatic heterocycles. The summed E-state index contributed by atoms with van der Waals surface area (Å²) in [5, 5.41) is 2.71. The van der Waals surface area contributed by atoms with Crippen molar-refractivity contribution in [2.75, 3.05) is 12.9 Å². The summed E-state index contributed by atoms with van der Waals surface area (Å²) in [5.41, 5.74) is 1.90. The number of methoxy groups -OCH3 is 1. The quantitative estimate of drug-likeness (QED) is 0.844. The molecule has 1 N–H and O–H groups in total. The molecule has 0 saturated carbocycles. The maximum Gasteiger partial charge on any atom is 0.242 e. The van der Waals surface area contributed by atoms with Crippen molar-refractivity contribution in [3.63, 3.8) is 0 Å². The van der Waals surface area contributed by atoms with Gasteiger partial charge < -0.3 is 15.0 Å². The summed E-state index contributed by atoms with van der Waals surface area (Å²) in [6.45, 7) is 2.15. The Hall–Kier alpha value is -2.54.